The number of aromatic nitrogens is 2. The topological polar surface area (TPSA) is 97.1 Å². The van der Waals surface area contributed by atoms with E-state index in [-0.39, 0.29) is 18.2 Å². The van der Waals surface area contributed by atoms with E-state index in [4.69, 9.17) is 4.42 Å². The Morgan fingerprint density at radius 2 is 2.00 bits per heavy atom. The number of aryl methyl sites for hydroxylation is 1. The summed E-state index contributed by atoms with van der Waals surface area (Å²) in [5, 5.41) is 8.70. The zero-order chi connectivity index (χ0) is 19.7. The molecule has 9 heteroatoms. The van der Waals surface area contributed by atoms with Crippen molar-refractivity contribution < 1.29 is 14.0 Å². The average Bonchev–Trinajstić information content (AvgIpc) is 3.33. The molecular formula is C19H16N4O3S2. The summed E-state index contributed by atoms with van der Waals surface area (Å²) in [6.45, 7) is 3.32. The smallest absolute Gasteiger partial charge is 0.230 e. The van der Waals surface area contributed by atoms with E-state index < -0.39 is 0 Å². The number of nitrogens with zero attached hydrogens (tertiary/aromatic N) is 2. The van der Waals surface area contributed by atoms with Crippen LogP contribution in [0.5, 0.6) is 0 Å². The third-order valence-corrected chi connectivity index (χ3v) is 5.64. The van der Waals surface area contributed by atoms with Crippen LogP contribution in [0.25, 0.3) is 21.0 Å². The second-order valence-electron chi connectivity index (χ2n) is 6.16. The number of fused-ring (bicyclic) bond motifs is 1. The highest BCUT2D eigenvalue weighted by Crippen LogP contribution is 2.29. The molecule has 0 fully saturated rings. The van der Waals surface area contributed by atoms with Gasteiger partial charge < -0.3 is 15.1 Å². The van der Waals surface area contributed by atoms with Gasteiger partial charge in [0.1, 0.15) is 5.76 Å². The fraction of sp³-hybridized carbons (Fsp3) is 0.158. The van der Waals surface area contributed by atoms with Crippen LogP contribution in [0.4, 0.5) is 10.8 Å². The lowest BCUT2D eigenvalue weighted by Crippen LogP contribution is -2.14. The summed E-state index contributed by atoms with van der Waals surface area (Å²) in [5.41, 5.74) is 2.13. The van der Waals surface area contributed by atoms with Crippen molar-refractivity contribution >= 4 is 55.5 Å². The number of hydrogen-bond donors (Lipinski definition) is 2. The van der Waals surface area contributed by atoms with Gasteiger partial charge in [0.2, 0.25) is 11.8 Å². The lowest BCUT2D eigenvalue weighted by Gasteiger charge is -2.03. The molecular weight excluding hydrogens is 396 g/mol. The standard InChI is InChI=1S/C19H16N4O3S2/c1-10-3-6-15(26-10)18-22-13(9-27-18)8-17(25)21-12-4-5-14-16(7-12)28-19(23-14)20-11(2)24/h3-7,9H,8H2,1-2H3,(H,21,25)(H,20,23,24). The average molecular weight is 412 g/mol. The number of benzene rings is 1. The molecule has 142 valence electrons. The van der Waals surface area contributed by atoms with Crippen molar-refractivity contribution in [2.45, 2.75) is 20.3 Å². The molecule has 0 bridgehead atoms. The first kappa shape index (κ1) is 18.3. The van der Waals surface area contributed by atoms with E-state index >= 15 is 0 Å². The predicted octanol–water partition coefficient (Wildman–Crippen LogP) is 4.46. The van der Waals surface area contributed by atoms with Gasteiger partial charge in [0, 0.05) is 18.0 Å². The van der Waals surface area contributed by atoms with E-state index in [0.29, 0.717) is 22.3 Å². The number of hydrogen-bond acceptors (Lipinski definition) is 7. The molecule has 0 spiro atoms. The Kier molecular flexibility index (Phi) is 4.93. The third-order valence-electron chi connectivity index (χ3n) is 3.80. The molecule has 4 aromatic rings. The Balaban J connectivity index is 1.43. The summed E-state index contributed by atoms with van der Waals surface area (Å²) >= 11 is 2.81. The van der Waals surface area contributed by atoms with Gasteiger partial charge in [-0.05, 0) is 37.3 Å². The van der Waals surface area contributed by atoms with Crippen LogP contribution >= 0.6 is 22.7 Å². The van der Waals surface area contributed by atoms with E-state index in [9.17, 15) is 9.59 Å². The molecule has 2 amide bonds. The quantitative estimate of drug-likeness (QED) is 0.504. The first-order chi connectivity index (χ1) is 13.5. The zero-order valence-electron chi connectivity index (χ0n) is 15.1. The number of furan rings is 1. The largest absolute Gasteiger partial charge is 0.459 e. The second kappa shape index (κ2) is 7.53. The summed E-state index contributed by atoms with van der Waals surface area (Å²) in [4.78, 5) is 32.3. The van der Waals surface area contributed by atoms with Crippen molar-refractivity contribution in [2.75, 3.05) is 10.6 Å². The molecule has 3 aromatic heterocycles. The molecule has 3 heterocycles. The number of anilines is 2. The molecule has 0 atom stereocenters. The van der Waals surface area contributed by atoms with Gasteiger partial charge in [-0.2, -0.15) is 0 Å². The SMILES string of the molecule is CC(=O)Nc1nc2ccc(NC(=O)Cc3csc(-c4ccc(C)o4)n3)cc2s1. The van der Waals surface area contributed by atoms with Gasteiger partial charge in [0.15, 0.2) is 15.9 Å². The maximum absolute atomic E-state index is 12.4. The van der Waals surface area contributed by atoms with Gasteiger partial charge in [0.05, 0.1) is 22.3 Å². The second-order valence-corrected chi connectivity index (χ2v) is 8.05. The Hall–Kier alpha value is -3.04. The number of carbonyl (C=O) groups is 2. The van der Waals surface area contributed by atoms with Crippen LogP contribution in [-0.2, 0) is 16.0 Å². The molecule has 0 aliphatic rings. The fourth-order valence-electron chi connectivity index (χ4n) is 2.63. The van der Waals surface area contributed by atoms with E-state index in [1.807, 2.05) is 36.6 Å². The minimum absolute atomic E-state index is 0.154. The maximum Gasteiger partial charge on any atom is 0.230 e. The van der Waals surface area contributed by atoms with Crippen LogP contribution in [0.1, 0.15) is 18.4 Å². The predicted molar refractivity (Wildman–Crippen MR) is 111 cm³/mol. The van der Waals surface area contributed by atoms with Crippen molar-refractivity contribution in [3.63, 3.8) is 0 Å². The van der Waals surface area contributed by atoms with Crippen molar-refractivity contribution in [3.05, 3.63) is 47.2 Å². The highest BCUT2D eigenvalue weighted by atomic mass is 32.1. The van der Waals surface area contributed by atoms with Gasteiger partial charge in [0.25, 0.3) is 0 Å². The third kappa shape index (κ3) is 4.10. The summed E-state index contributed by atoms with van der Waals surface area (Å²) in [5.74, 6) is 1.21. The molecule has 0 aliphatic carbocycles. The normalized spacial score (nSPS) is 10.9. The van der Waals surface area contributed by atoms with Crippen molar-refractivity contribution in [3.8, 4) is 10.8 Å². The summed E-state index contributed by atoms with van der Waals surface area (Å²) in [6.07, 6.45) is 0.175. The van der Waals surface area contributed by atoms with Gasteiger partial charge in [-0.3, -0.25) is 9.59 Å². The first-order valence-corrected chi connectivity index (χ1v) is 10.1. The molecule has 2 N–H and O–H groups in total. The molecule has 0 saturated heterocycles. The highest BCUT2D eigenvalue weighted by molar-refractivity contribution is 7.22. The Morgan fingerprint density at radius 3 is 2.75 bits per heavy atom. The van der Waals surface area contributed by atoms with Crippen LogP contribution in [0.3, 0.4) is 0 Å². The van der Waals surface area contributed by atoms with Crippen LogP contribution in [0.15, 0.2) is 40.1 Å². The molecule has 0 radical (unpaired) electrons. The molecule has 28 heavy (non-hydrogen) atoms. The molecule has 0 saturated carbocycles. The molecule has 0 unspecified atom stereocenters. The lowest BCUT2D eigenvalue weighted by atomic mass is 10.2. The minimum Gasteiger partial charge on any atom is -0.459 e. The van der Waals surface area contributed by atoms with E-state index in [1.54, 1.807) is 6.07 Å². The van der Waals surface area contributed by atoms with E-state index in [2.05, 4.69) is 20.6 Å². The van der Waals surface area contributed by atoms with E-state index in [1.165, 1.54) is 29.6 Å². The Bertz CT molecular complexity index is 1170. The van der Waals surface area contributed by atoms with Crippen LogP contribution < -0.4 is 10.6 Å². The van der Waals surface area contributed by atoms with Gasteiger partial charge in [-0.25, -0.2) is 9.97 Å². The van der Waals surface area contributed by atoms with Gasteiger partial charge in [-0.1, -0.05) is 11.3 Å². The number of nitrogens with one attached hydrogen (secondary N) is 2. The Morgan fingerprint density at radius 1 is 1.14 bits per heavy atom. The highest BCUT2D eigenvalue weighted by Gasteiger charge is 2.12. The van der Waals surface area contributed by atoms with Gasteiger partial charge >= 0.3 is 0 Å². The summed E-state index contributed by atoms with van der Waals surface area (Å²) in [7, 11) is 0. The lowest BCUT2D eigenvalue weighted by molar-refractivity contribution is -0.116. The fourth-order valence-corrected chi connectivity index (χ4v) is 4.36. The number of amides is 2. The number of rotatable bonds is 5. The number of carbonyl (C=O) groups excluding carboxylic acids is 2. The van der Waals surface area contributed by atoms with Crippen molar-refractivity contribution in [1.82, 2.24) is 9.97 Å². The number of thiazole rings is 2. The minimum atomic E-state index is -0.167. The van der Waals surface area contributed by atoms with Gasteiger partial charge in [-0.15, -0.1) is 11.3 Å². The molecule has 0 aliphatic heterocycles. The van der Waals surface area contributed by atoms with Crippen LogP contribution in [0, 0.1) is 6.92 Å². The first-order valence-electron chi connectivity index (χ1n) is 8.45. The van der Waals surface area contributed by atoms with Crippen LogP contribution in [0.2, 0.25) is 0 Å². The molecule has 7 nitrogen and oxygen atoms in total. The van der Waals surface area contributed by atoms with Crippen LogP contribution in [-0.4, -0.2) is 21.8 Å². The molecule has 4 rings (SSSR count). The van der Waals surface area contributed by atoms with E-state index in [0.717, 1.165) is 21.0 Å². The Labute approximate surface area is 168 Å². The summed E-state index contributed by atoms with van der Waals surface area (Å²) in [6, 6.07) is 9.20. The van der Waals surface area contributed by atoms with Crippen molar-refractivity contribution in [1.29, 1.82) is 0 Å². The zero-order valence-corrected chi connectivity index (χ0v) is 16.7. The van der Waals surface area contributed by atoms with Crippen molar-refractivity contribution in [2.24, 2.45) is 0 Å². The summed E-state index contributed by atoms with van der Waals surface area (Å²) < 4.78 is 6.45. The maximum atomic E-state index is 12.4. The molecule has 1 aromatic carbocycles. The monoisotopic (exact) mass is 412 g/mol.